The van der Waals surface area contributed by atoms with Crippen molar-refractivity contribution in [2.75, 3.05) is 0 Å². The molecule has 3 aromatic rings. The number of benzene rings is 2. The number of thiazole rings is 1. The van der Waals surface area contributed by atoms with Crippen molar-refractivity contribution in [1.82, 2.24) is 10.3 Å². The van der Waals surface area contributed by atoms with Crippen molar-refractivity contribution in [3.05, 3.63) is 70.7 Å². The van der Waals surface area contributed by atoms with Gasteiger partial charge in [-0.05, 0) is 29.8 Å². The molecule has 0 fully saturated rings. The fourth-order valence-electron chi connectivity index (χ4n) is 2.58. The third kappa shape index (κ3) is 5.65. The van der Waals surface area contributed by atoms with Gasteiger partial charge in [0.15, 0.2) is 0 Å². The summed E-state index contributed by atoms with van der Waals surface area (Å²) < 4.78 is 60.7. The molecule has 0 spiro atoms. The highest BCUT2D eigenvalue weighted by Gasteiger charge is 2.30. The molecule has 158 valence electrons. The molecule has 3 N–H and O–H groups in total. The highest BCUT2D eigenvalue weighted by Crippen LogP contribution is 2.31. The molecule has 1 heterocycles. The summed E-state index contributed by atoms with van der Waals surface area (Å²) in [5, 5.41) is 9.92. The Morgan fingerprint density at radius 3 is 2.47 bits per heavy atom. The number of hydrogen-bond acceptors (Lipinski definition) is 5. The van der Waals surface area contributed by atoms with Crippen LogP contribution in [0.25, 0.3) is 10.6 Å². The summed E-state index contributed by atoms with van der Waals surface area (Å²) in [5.74, 6) is -0.333. The van der Waals surface area contributed by atoms with E-state index < -0.39 is 21.8 Å². The summed E-state index contributed by atoms with van der Waals surface area (Å²) in [6, 6.07) is 10.6. The summed E-state index contributed by atoms with van der Waals surface area (Å²) in [7, 11) is -3.83. The Morgan fingerprint density at radius 1 is 1.13 bits per heavy atom. The van der Waals surface area contributed by atoms with E-state index in [0.717, 1.165) is 12.1 Å². The van der Waals surface area contributed by atoms with Gasteiger partial charge in [-0.2, -0.15) is 13.2 Å². The molecule has 11 heteroatoms. The van der Waals surface area contributed by atoms with Crippen LogP contribution in [0.15, 0.2) is 58.8 Å². The number of nitrogens with zero attached hydrogens (tertiary/aromatic N) is 1. The number of carbonyl (C=O) groups is 1. The molecular weight excluding hydrogens is 439 g/mol. The van der Waals surface area contributed by atoms with E-state index in [-0.39, 0.29) is 23.8 Å². The van der Waals surface area contributed by atoms with Crippen molar-refractivity contribution in [1.29, 1.82) is 0 Å². The highest BCUT2D eigenvalue weighted by atomic mass is 32.2. The standard InChI is InChI=1S/C19H16F3N3O3S2/c20-19(21,22)14-6-4-13(5-7-14)18-25-15(11-29-18)9-17(26)24-10-12-2-1-3-16(8-12)30(23,27)28/h1-8,11H,9-10H2,(H,24,26)(H2,23,27,28). The summed E-state index contributed by atoms with van der Waals surface area (Å²) in [4.78, 5) is 16.4. The Morgan fingerprint density at radius 2 is 1.83 bits per heavy atom. The summed E-state index contributed by atoms with van der Waals surface area (Å²) >= 11 is 1.22. The zero-order valence-corrected chi connectivity index (χ0v) is 16.9. The molecule has 0 unspecified atom stereocenters. The van der Waals surface area contributed by atoms with Crippen molar-refractivity contribution in [2.24, 2.45) is 5.14 Å². The van der Waals surface area contributed by atoms with Crippen LogP contribution in [0.2, 0.25) is 0 Å². The van der Waals surface area contributed by atoms with E-state index in [4.69, 9.17) is 5.14 Å². The summed E-state index contributed by atoms with van der Waals surface area (Å²) in [6.07, 6.45) is -4.43. The Balaban J connectivity index is 1.60. The quantitative estimate of drug-likeness (QED) is 0.595. The van der Waals surface area contributed by atoms with Gasteiger partial charge >= 0.3 is 6.18 Å². The predicted octanol–water partition coefficient (Wildman–Crippen LogP) is 3.34. The van der Waals surface area contributed by atoms with E-state index in [9.17, 15) is 26.4 Å². The fourth-order valence-corrected chi connectivity index (χ4v) is 3.99. The average molecular weight is 455 g/mol. The molecule has 6 nitrogen and oxygen atoms in total. The smallest absolute Gasteiger partial charge is 0.352 e. The van der Waals surface area contributed by atoms with E-state index in [2.05, 4.69) is 10.3 Å². The van der Waals surface area contributed by atoms with Crippen LogP contribution in [0, 0.1) is 0 Å². The van der Waals surface area contributed by atoms with E-state index in [1.54, 1.807) is 11.4 Å². The normalized spacial score (nSPS) is 12.0. The zero-order valence-electron chi connectivity index (χ0n) is 15.3. The van der Waals surface area contributed by atoms with Gasteiger partial charge < -0.3 is 5.32 Å². The first-order valence-corrected chi connectivity index (χ1v) is 11.0. The number of amides is 1. The molecule has 30 heavy (non-hydrogen) atoms. The van der Waals surface area contributed by atoms with Gasteiger partial charge in [0.05, 0.1) is 22.6 Å². The van der Waals surface area contributed by atoms with Crippen LogP contribution < -0.4 is 10.5 Å². The zero-order chi connectivity index (χ0) is 21.9. The Kier molecular flexibility index (Phi) is 6.25. The number of alkyl halides is 3. The van der Waals surface area contributed by atoms with E-state index in [0.29, 0.717) is 21.8 Å². The van der Waals surface area contributed by atoms with Gasteiger partial charge in [0.2, 0.25) is 15.9 Å². The summed E-state index contributed by atoms with van der Waals surface area (Å²) in [6.45, 7) is 0.109. The van der Waals surface area contributed by atoms with Crippen LogP contribution in [0.4, 0.5) is 13.2 Å². The minimum Gasteiger partial charge on any atom is -0.352 e. The van der Waals surface area contributed by atoms with Gasteiger partial charge in [-0.1, -0.05) is 24.3 Å². The van der Waals surface area contributed by atoms with Crippen LogP contribution in [0.5, 0.6) is 0 Å². The second kappa shape index (κ2) is 8.54. The molecule has 0 aliphatic rings. The maximum atomic E-state index is 12.7. The Labute approximate surface area is 174 Å². The molecule has 2 aromatic carbocycles. The topological polar surface area (TPSA) is 102 Å². The Hall–Kier alpha value is -2.76. The van der Waals surface area contributed by atoms with E-state index in [1.165, 1.54) is 41.7 Å². The molecule has 0 saturated heterocycles. The second-order valence-electron chi connectivity index (χ2n) is 6.37. The number of primary sulfonamides is 1. The largest absolute Gasteiger partial charge is 0.416 e. The number of nitrogens with one attached hydrogen (secondary N) is 1. The van der Waals surface area contributed by atoms with Crippen molar-refractivity contribution >= 4 is 27.3 Å². The van der Waals surface area contributed by atoms with Crippen LogP contribution in [-0.4, -0.2) is 19.3 Å². The average Bonchev–Trinajstić information content (AvgIpc) is 3.14. The summed E-state index contributed by atoms with van der Waals surface area (Å²) in [5.41, 5.74) is 0.831. The first-order chi connectivity index (χ1) is 14.0. The lowest BCUT2D eigenvalue weighted by Crippen LogP contribution is -2.24. The van der Waals surface area contributed by atoms with Gasteiger partial charge in [0, 0.05) is 17.5 Å². The van der Waals surface area contributed by atoms with Crippen molar-refractivity contribution in [2.45, 2.75) is 24.0 Å². The molecule has 0 saturated carbocycles. The first kappa shape index (κ1) is 21.9. The van der Waals surface area contributed by atoms with Gasteiger partial charge in [0.25, 0.3) is 0 Å². The number of aromatic nitrogens is 1. The van der Waals surface area contributed by atoms with Crippen molar-refractivity contribution in [3.8, 4) is 10.6 Å². The second-order valence-corrected chi connectivity index (χ2v) is 8.78. The third-order valence-corrected chi connectivity index (χ3v) is 5.92. The SMILES string of the molecule is NS(=O)(=O)c1cccc(CNC(=O)Cc2csc(-c3ccc(C(F)(F)F)cc3)n2)c1. The van der Waals surface area contributed by atoms with Crippen LogP contribution in [0.1, 0.15) is 16.8 Å². The molecule has 0 aliphatic carbocycles. The van der Waals surface area contributed by atoms with Gasteiger partial charge in [0.1, 0.15) is 5.01 Å². The van der Waals surface area contributed by atoms with Crippen LogP contribution in [0.3, 0.4) is 0 Å². The minimum absolute atomic E-state index is 0.0218. The lowest BCUT2D eigenvalue weighted by atomic mass is 10.1. The molecule has 0 aliphatic heterocycles. The first-order valence-electron chi connectivity index (χ1n) is 8.53. The van der Waals surface area contributed by atoms with Crippen LogP contribution >= 0.6 is 11.3 Å². The van der Waals surface area contributed by atoms with Gasteiger partial charge in [-0.3, -0.25) is 4.79 Å². The molecule has 1 amide bonds. The number of halogens is 3. The number of hydrogen-bond donors (Lipinski definition) is 2. The lowest BCUT2D eigenvalue weighted by molar-refractivity contribution is -0.137. The van der Waals surface area contributed by atoms with Gasteiger partial charge in [-0.15, -0.1) is 11.3 Å². The van der Waals surface area contributed by atoms with Crippen molar-refractivity contribution < 1.29 is 26.4 Å². The Bertz CT molecular complexity index is 1160. The number of rotatable bonds is 6. The lowest BCUT2D eigenvalue weighted by Gasteiger charge is -2.06. The number of sulfonamides is 1. The maximum absolute atomic E-state index is 12.7. The number of carbonyl (C=O) groups excluding carboxylic acids is 1. The molecule has 0 radical (unpaired) electrons. The monoisotopic (exact) mass is 455 g/mol. The minimum atomic E-state index is -4.40. The maximum Gasteiger partial charge on any atom is 0.416 e. The third-order valence-electron chi connectivity index (χ3n) is 4.07. The van der Waals surface area contributed by atoms with Crippen molar-refractivity contribution in [3.63, 3.8) is 0 Å². The molecule has 0 atom stereocenters. The van der Waals surface area contributed by atoms with Gasteiger partial charge in [-0.25, -0.2) is 18.5 Å². The molecule has 0 bridgehead atoms. The number of nitrogens with two attached hydrogens (primary N) is 1. The molecule has 3 rings (SSSR count). The fraction of sp³-hybridized carbons (Fsp3) is 0.158. The van der Waals surface area contributed by atoms with E-state index in [1.807, 2.05) is 0 Å². The predicted molar refractivity (Wildman–Crippen MR) is 106 cm³/mol. The van der Waals surface area contributed by atoms with E-state index >= 15 is 0 Å². The van der Waals surface area contributed by atoms with Crippen LogP contribution in [-0.2, 0) is 34.0 Å². The highest BCUT2D eigenvalue weighted by molar-refractivity contribution is 7.89. The molecule has 1 aromatic heterocycles. The molecular formula is C19H16F3N3O3S2.